The molecule has 1 aliphatic carbocycles. The highest BCUT2D eigenvalue weighted by atomic mass is 19.3. The Kier molecular flexibility index (Phi) is 5.25. The van der Waals surface area contributed by atoms with E-state index in [0.29, 0.717) is 28.1 Å². The summed E-state index contributed by atoms with van der Waals surface area (Å²) in [5.74, 6) is -0.129. The summed E-state index contributed by atoms with van der Waals surface area (Å²) in [6.07, 6.45) is 1.67. The first kappa shape index (κ1) is 20.3. The van der Waals surface area contributed by atoms with Crippen molar-refractivity contribution in [2.75, 3.05) is 0 Å². The van der Waals surface area contributed by atoms with Gasteiger partial charge in [-0.3, -0.25) is 15.1 Å². The molecule has 0 N–H and O–H groups in total. The summed E-state index contributed by atoms with van der Waals surface area (Å²) in [6, 6.07) is 7.39. The van der Waals surface area contributed by atoms with Gasteiger partial charge in [0.25, 0.3) is 12.3 Å². The lowest BCUT2D eigenvalue weighted by Gasteiger charge is -2.15. The zero-order valence-corrected chi connectivity index (χ0v) is 16.2. The second-order valence-corrected chi connectivity index (χ2v) is 7.11. The van der Waals surface area contributed by atoms with Gasteiger partial charge in [-0.15, -0.1) is 0 Å². The Labute approximate surface area is 175 Å². The minimum absolute atomic E-state index is 0.0360. The first-order chi connectivity index (χ1) is 14.9. The lowest BCUT2D eigenvalue weighted by atomic mass is 10.1. The zero-order valence-electron chi connectivity index (χ0n) is 16.2. The van der Waals surface area contributed by atoms with E-state index in [2.05, 4.69) is 15.0 Å². The SMILES string of the molecule is Cc1cc(C(F)F)nc(C2CC2)c1Oc1nc(-c2cncc(C#N)c2)ccc1[N+](=O)[O-]. The van der Waals surface area contributed by atoms with Crippen LogP contribution < -0.4 is 4.74 Å². The second kappa shape index (κ2) is 8.02. The summed E-state index contributed by atoms with van der Waals surface area (Å²) in [7, 11) is 0. The summed E-state index contributed by atoms with van der Waals surface area (Å²) in [4.78, 5) is 23.2. The molecule has 1 fully saturated rings. The average molecular weight is 423 g/mol. The number of aromatic nitrogens is 3. The molecule has 0 radical (unpaired) electrons. The zero-order chi connectivity index (χ0) is 22.1. The molecule has 3 aromatic heterocycles. The first-order valence-corrected chi connectivity index (χ1v) is 9.35. The summed E-state index contributed by atoms with van der Waals surface area (Å²) >= 11 is 0. The van der Waals surface area contributed by atoms with E-state index in [-0.39, 0.29) is 28.9 Å². The van der Waals surface area contributed by atoms with Gasteiger partial charge in [0.15, 0.2) is 5.75 Å². The molecule has 3 heterocycles. The Balaban J connectivity index is 1.81. The first-order valence-electron chi connectivity index (χ1n) is 9.35. The van der Waals surface area contributed by atoms with Gasteiger partial charge in [0.05, 0.1) is 21.9 Å². The molecule has 156 valence electrons. The number of hydrogen-bond acceptors (Lipinski definition) is 7. The Morgan fingerprint density at radius 2 is 2.03 bits per heavy atom. The van der Waals surface area contributed by atoms with Crippen molar-refractivity contribution in [2.45, 2.75) is 32.1 Å². The number of nitro groups is 1. The molecular weight excluding hydrogens is 408 g/mol. The van der Waals surface area contributed by atoms with Crippen LogP contribution in [0.1, 0.15) is 47.7 Å². The van der Waals surface area contributed by atoms with Gasteiger partial charge in [-0.05, 0) is 43.5 Å². The Morgan fingerprint density at radius 3 is 2.68 bits per heavy atom. The number of alkyl halides is 2. The molecule has 0 amide bonds. The second-order valence-electron chi connectivity index (χ2n) is 7.11. The van der Waals surface area contributed by atoms with Crippen molar-refractivity contribution >= 4 is 5.69 Å². The summed E-state index contributed by atoms with van der Waals surface area (Å²) in [6.45, 7) is 1.59. The van der Waals surface area contributed by atoms with Gasteiger partial charge in [-0.1, -0.05) is 0 Å². The van der Waals surface area contributed by atoms with Crippen LogP contribution in [0.5, 0.6) is 11.6 Å². The molecule has 0 atom stereocenters. The summed E-state index contributed by atoms with van der Waals surface area (Å²) in [5.41, 5.74) is 1.09. The number of nitriles is 1. The van der Waals surface area contributed by atoms with Crippen molar-refractivity contribution < 1.29 is 18.4 Å². The van der Waals surface area contributed by atoms with Gasteiger partial charge in [0.1, 0.15) is 11.8 Å². The fraction of sp³-hybridized carbons (Fsp3) is 0.238. The molecule has 31 heavy (non-hydrogen) atoms. The van der Waals surface area contributed by atoms with Crippen molar-refractivity contribution in [3.8, 4) is 29.0 Å². The van der Waals surface area contributed by atoms with Crippen LogP contribution in [0.15, 0.2) is 36.7 Å². The molecule has 0 aliphatic heterocycles. The number of hydrogen-bond donors (Lipinski definition) is 0. The number of ether oxygens (including phenoxy) is 1. The van der Waals surface area contributed by atoms with Crippen LogP contribution in [-0.2, 0) is 0 Å². The fourth-order valence-corrected chi connectivity index (χ4v) is 3.14. The van der Waals surface area contributed by atoms with Gasteiger partial charge in [0.2, 0.25) is 0 Å². The molecule has 10 heteroatoms. The van der Waals surface area contributed by atoms with Gasteiger partial charge >= 0.3 is 5.69 Å². The van der Waals surface area contributed by atoms with Crippen molar-refractivity contribution in [1.29, 1.82) is 5.26 Å². The van der Waals surface area contributed by atoms with Gasteiger partial charge in [-0.2, -0.15) is 5.26 Å². The van der Waals surface area contributed by atoms with Crippen LogP contribution >= 0.6 is 0 Å². The van der Waals surface area contributed by atoms with E-state index in [1.165, 1.54) is 30.6 Å². The molecule has 0 aromatic carbocycles. The number of pyridine rings is 3. The van der Waals surface area contributed by atoms with Crippen molar-refractivity contribution in [3.63, 3.8) is 0 Å². The van der Waals surface area contributed by atoms with Crippen LogP contribution in [0.3, 0.4) is 0 Å². The minimum Gasteiger partial charge on any atom is -0.431 e. The molecule has 4 rings (SSSR count). The molecule has 3 aromatic rings. The molecule has 0 unspecified atom stereocenters. The number of aryl methyl sites for hydroxylation is 1. The normalized spacial score (nSPS) is 13.1. The average Bonchev–Trinajstić information content (AvgIpc) is 3.60. The van der Waals surface area contributed by atoms with Gasteiger partial charge in [0, 0.05) is 29.9 Å². The highest BCUT2D eigenvalue weighted by molar-refractivity contribution is 5.63. The maximum Gasteiger partial charge on any atom is 0.331 e. The third kappa shape index (κ3) is 4.16. The topological polar surface area (TPSA) is 115 Å². The Bertz CT molecular complexity index is 1220. The summed E-state index contributed by atoms with van der Waals surface area (Å²) in [5, 5.41) is 20.6. The molecule has 1 aliphatic rings. The van der Waals surface area contributed by atoms with Crippen LogP contribution in [0.4, 0.5) is 14.5 Å². The number of rotatable bonds is 6. The maximum atomic E-state index is 13.2. The predicted molar refractivity (Wildman–Crippen MR) is 105 cm³/mol. The van der Waals surface area contributed by atoms with E-state index < -0.39 is 11.3 Å². The molecule has 0 saturated heterocycles. The van der Waals surface area contributed by atoms with E-state index in [1.54, 1.807) is 13.0 Å². The lowest BCUT2D eigenvalue weighted by Crippen LogP contribution is -2.04. The van der Waals surface area contributed by atoms with E-state index >= 15 is 0 Å². The van der Waals surface area contributed by atoms with E-state index in [4.69, 9.17) is 10.00 Å². The quantitative estimate of drug-likeness (QED) is 0.393. The predicted octanol–water partition coefficient (Wildman–Crippen LogP) is 5.23. The monoisotopic (exact) mass is 423 g/mol. The minimum atomic E-state index is -2.74. The van der Waals surface area contributed by atoms with Gasteiger partial charge in [-0.25, -0.2) is 18.7 Å². The van der Waals surface area contributed by atoms with Crippen molar-refractivity contribution in [3.05, 3.63) is 69.3 Å². The Hall–Kier alpha value is -4.00. The van der Waals surface area contributed by atoms with Crippen molar-refractivity contribution in [1.82, 2.24) is 15.0 Å². The maximum absolute atomic E-state index is 13.2. The van der Waals surface area contributed by atoms with E-state index in [0.717, 1.165) is 12.8 Å². The molecule has 8 nitrogen and oxygen atoms in total. The molecular formula is C21H15F2N5O3. The van der Waals surface area contributed by atoms with Gasteiger partial charge < -0.3 is 4.74 Å². The third-order valence-electron chi connectivity index (χ3n) is 4.79. The molecule has 0 spiro atoms. The van der Waals surface area contributed by atoms with Crippen molar-refractivity contribution in [2.24, 2.45) is 0 Å². The van der Waals surface area contributed by atoms with Crippen LogP contribution in [-0.4, -0.2) is 19.9 Å². The van der Waals surface area contributed by atoms with E-state index in [1.807, 2.05) is 6.07 Å². The molecule has 1 saturated carbocycles. The standard InChI is InChI=1S/C21H15F2N5O3/c1-11-6-16(20(22)23)26-18(13-2-3-13)19(11)31-21-17(28(29)30)5-4-15(27-21)14-7-12(8-24)9-25-10-14/h4-7,9-10,13,20H,2-3H2,1H3. The Morgan fingerprint density at radius 1 is 1.26 bits per heavy atom. The number of nitrogens with zero attached hydrogens (tertiary/aromatic N) is 5. The highest BCUT2D eigenvalue weighted by Crippen LogP contribution is 2.46. The third-order valence-corrected chi connectivity index (χ3v) is 4.79. The van der Waals surface area contributed by atoms with E-state index in [9.17, 15) is 18.9 Å². The smallest absolute Gasteiger partial charge is 0.331 e. The molecule has 0 bridgehead atoms. The summed E-state index contributed by atoms with van der Waals surface area (Å²) < 4.78 is 32.3. The fourth-order valence-electron chi connectivity index (χ4n) is 3.14. The van der Waals surface area contributed by atoms with Crippen LogP contribution in [0, 0.1) is 28.4 Å². The highest BCUT2D eigenvalue weighted by Gasteiger charge is 2.32. The number of halogens is 2. The van der Waals surface area contributed by atoms with Crippen LogP contribution in [0.2, 0.25) is 0 Å². The largest absolute Gasteiger partial charge is 0.431 e. The van der Waals surface area contributed by atoms with Crippen LogP contribution in [0.25, 0.3) is 11.3 Å². The lowest BCUT2D eigenvalue weighted by molar-refractivity contribution is -0.386.